The lowest BCUT2D eigenvalue weighted by Crippen LogP contribution is -2.35. The number of aliphatic carboxylic acids is 1. The Morgan fingerprint density at radius 2 is 2.00 bits per heavy atom. The predicted octanol–water partition coefficient (Wildman–Crippen LogP) is -0.0124. The lowest BCUT2D eigenvalue weighted by Gasteiger charge is -2.10. The molecule has 0 bridgehead atoms. The van der Waals surface area contributed by atoms with Gasteiger partial charge in [0.15, 0.2) is 0 Å². The zero-order valence-corrected chi connectivity index (χ0v) is 7.82. The van der Waals surface area contributed by atoms with Gasteiger partial charge < -0.3 is 15.6 Å². The molecule has 0 saturated heterocycles. The monoisotopic (exact) mass is 189 g/mol. The first kappa shape index (κ1) is 11.9. The molecule has 0 amide bonds. The van der Waals surface area contributed by atoms with Crippen LogP contribution in [0.3, 0.4) is 0 Å². The standard InChI is InChI=1S/C8H15NO4/c1-5(2)4-13-8(12)6(9)3-7(10)11/h5-6H,3-4,9H2,1-2H3,(H,10,11)/t6-/m0/s1. The molecule has 0 saturated carbocycles. The Balaban J connectivity index is 3.76. The van der Waals surface area contributed by atoms with Crippen LogP contribution in [-0.4, -0.2) is 29.7 Å². The maximum atomic E-state index is 11.0. The highest BCUT2D eigenvalue weighted by Crippen LogP contribution is 1.97. The number of esters is 1. The van der Waals surface area contributed by atoms with Crippen molar-refractivity contribution < 1.29 is 19.4 Å². The van der Waals surface area contributed by atoms with E-state index in [9.17, 15) is 9.59 Å². The third-order valence-electron chi connectivity index (χ3n) is 1.26. The number of rotatable bonds is 5. The summed E-state index contributed by atoms with van der Waals surface area (Å²) < 4.78 is 4.74. The Morgan fingerprint density at radius 3 is 2.38 bits per heavy atom. The summed E-state index contributed by atoms with van der Waals surface area (Å²) in [5, 5.41) is 8.32. The van der Waals surface area contributed by atoms with Crippen LogP contribution in [0.15, 0.2) is 0 Å². The topological polar surface area (TPSA) is 89.6 Å². The van der Waals surface area contributed by atoms with Crippen molar-refractivity contribution in [3.05, 3.63) is 0 Å². The number of hydrogen-bond acceptors (Lipinski definition) is 4. The van der Waals surface area contributed by atoms with Gasteiger partial charge in [-0.3, -0.25) is 9.59 Å². The maximum Gasteiger partial charge on any atom is 0.323 e. The average Bonchev–Trinajstić information content (AvgIpc) is 1.98. The fraction of sp³-hybridized carbons (Fsp3) is 0.750. The van der Waals surface area contributed by atoms with Crippen LogP contribution in [0, 0.1) is 5.92 Å². The van der Waals surface area contributed by atoms with Crippen molar-refractivity contribution in [2.45, 2.75) is 26.3 Å². The van der Waals surface area contributed by atoms with E-state index in [4.69, 9.17) is 15.6 Å². The van der Waals surface area contributed by atoms with E-state index in [-0.39, 0.29) is 12.5 Å². The number of carboxylic acids is 1. The predicted molar refractivity (Wildman–Crippen MR) is 46.0 cm³/mol. The zero-order valence-electron chi connectivity index (χ0n) is 7.82. The van der Waals surface area contributed by atoms with Crippen molar-refractivity contribution in [3.63, 3.8) is 0 Å². The minimum Gasteiger partial charge on any atom is -0.481 e. The molecule has 0 aromatic carbocycles. The summed E-state index contributed by atoms with van der Waals surface area (Å²) in [6.45, 7) is 4.04. The lowest BCUT2D eigenvalue weighted by atomic mass is 10.2. The van der Waals surface area contributed by atoms with Crippen molar-refractivity contribution >= 4 is 11.9 Å². The molecule has 0 aliphatic carbocycles. The Morgan fingerprint density at radius 1 is 1.46 bits per heavy atom. The van der Waals surface area contributed by atoms with E-state index in [2.05, 4.69) is 0 Å². The molecule has 0 unspecified atom stereocenters. The molecule has 5 heteroatoms. The van der Waals surface area contributed by atoms with E-state index in [1.807, 2.05) is 13.8 Å². The van der Waals surface area contributed by atoms with E-state index in [1.54, 1.807) is 0 Å². The van der Waals surface area contributed by atoms with Gasteiger partial charge in [0.1, 0.15) is 6.04 Å². The summed E-state index contributed by atoms with van der Waals surface area (Å²) in [7, 11) is 0. The molecule has 0 rings (SSSR count). The number of ether oxygens (including phenoxy) is 1. The molecule has 0 aliphatic heterocycles. The van der Waals surface area contributed by atoms with E-state index >= 15 is 0 Å². The van der Waals surface area contributed by atoms with Crippen LogP contribution in [-0.2, 0) is 14.3 Å². The van der Waals surface area contributed by atoms with Crippen molar-refractivity contribution in [2.75, 3.05) is 6.61 Å². The van der Waals surface area contributed by atoms with Crippen LogP contribution < -0.4 is 5.73 Å². The van der Waals surface area contributed by atoms with Gasteiger partial charge in [0.2, 0.25) is 0 Å². The molecule has 0 fully saturated rings. The van der Waals surface area contributed by atoms with Gasteiger partial charge in [0.25, 0.3) is 0 Å². The molecule has 1 atom stereocenters. The Bertz CT molecular complexity index is 191. The van der Waals surface area contributed by atoms with Crippen LogP contribution in [0.2, 0.25) is 0 Å². The minimum atomic E-state index is -1.10. The van der Waals surface area contributed by atoms with E-state index in [0.717, 1.165) is 0 Å². The number of carbonyl (C=O) groups excluding carboxylic acids is 1. The summed E-state index contributed by atoms with van der Waals surface area (Å²) in [4.78, 5) is 21.1. The quantitative estimate of drug-likeness (QED) is 0.593. The molecule has 76 valence electrons. The average molecular weight is 189 g/mol. The molecule has 0 radical (unpaired) electrons. The van der Waals surface area contributed by atoms with Gasteiger partial charge in [-0.15, -0.1) is 0 Å². The Labute approximate surface area is 76.9 Å². The van der Waals surface area contributed by atoms with Crippen LogP contribution in [0.1, 0.15) is 20.3 Å². The lowest BCUT2D eigenvalue weighted by molar-refractivity contribution is -0.150. The van der Waals surface area contributed by atoms with Gasteiger partial charge >= 0.3 is 11.9 Å². The second-order valence-corrected chi connectivity index (χ2v) is 3.23. The second kappa shape index (κ2) is 5.53. The van der Waals surface area contributed by atoms with Crippen LogP contribution in [0.4, 0.5) is 0 Å². The smallest absolute Gasteiger partial charge is 0.323 e. The normalized spacial score (nSPS) is 12.6. The Hall–Kier alpha value is -1.10. The molecule has 0 heterocycles. The largest absolute Gasteiger partial charge is 0.481 e. The molecule has 3 N–H and O–H groups in total. The highest BCUT2D eigenvalue weighted by molar-refractivity contribution is 5.81. The highest BCUT2D eigenvalue weighted by atomic mass is 16.5. The molecule has 0 spiro atoms. The first-order valence-electron chi connectivity index (χ1n) is 4.07. The zero-order chi connectivity index (χ0) is 10.4. The van der Waals surface area contributed by atoms with Gasteiger partial charge in [-0.25, -0.2) is 0 Å². The van der Waals surface area contributed by atoms with Crippen LogP contribution in [0.5, 0.6) is 0 Å². The van der Waals surface area contributed by atoms with Gasteiger partial charge in [0, 0.05) is 0 Å². The van der Waals surface area contributed by atoms with Crippen molar-refractivity contribution in [2.24, 2.45) is 11.7 Å². The van der Waals surface area contributed by atoms with E-state index < -0.39 is 24.4 Å². The number of nitrogens with two attached hydrogens (primary N) is 1. The fourth-order valence-electron chi connectivity index (χ4n) is 0.627. The van der Waals surface area contributed by atoms with Crippen molar-refractivity contribution in [3.8, 4) is 0 Å². The second-order valence-electron chi connectivity index (χ2n) is 3.23. The fourth-order valence-corrected chi connectivity index (χ4v) is 0.627. The molecule has 0 aromatic heterocycles. The van der Waals surface area contributed by atoms with E-state index in [0.29, 0.717) is 0 Å². The van der Waals surface area contributed by atoms with Gasteiger partial charge in [0.05, 0.1) is 13.0 Å². The third kappa shape index (κ3) is 6.10. The summed E-state index contributed by atoms with van der Waals surface area (Å²) in [6, 6.07) is -1.06. The van der Waals surface area contributed by atoms with Gasteiger partial charge in [-0.05, 0) is 5.92 Å². The number of hydrogen-bond donors (Lipinski definition) is 2. The Kier molecular flexibility index (Phi) is 5.06. The van der Waals surface area contributed by atoms with E-state index in [1.165, 1.54) is 0 Å². The molecule has 13 heavy (non-hydrogen) atoms. The maximum absolute atomic E-state index is 11.0. The van der Waals surface area contributed by atoms with Crippen LogP contribution >= 0.6 is 0 Å². The number of carbonyl (C=O) groups is 2. The van der Waals surface area contributed by atoms with Crippen molar-refractivity contribution in [1.29, 1.82) is 0 Å². The molecule has 0 aromatic rings. The SMILES string of the molecule is CC(C)COC(=O)[C@@H](N)CC(=O)O. The summed E-state index contributed by atoms with van der Waals surface area (Å²) in [6.07, 6.45) is -0.392. The van der Waals surface area contributed by atoms with Gasteiger partial charge in [-0.1, -0.05) is 13.8 Å². The van der Waals surface area contributed by atoms with Crippen LogP contribution in [0.25, 0.3) is 0 Å². The molecular formula is C8H15NO4. The first-order chi connectivity index (χ1) is 5.93. The molecular weight excluding hydrogens is 174 g/mol. The van der Waals surface area contributed by atoms with Gasteiger partial charge in [-0.2, -0.15) is 0 Å². The molecule has 5 nitrogen and oxygen atoms in total. The highest BCUT2D eigenvalue weighted by Gasteiger charge is 2.18. The third-order valence-corrected chi connectivity index (χ3v) is 1.26. The minimum absolute atomic E-state index is 0.223. The van der Waals surface area contributed by atoms with Crippen molar-refractivity contribution in [1.82, 2.24) is 0 Å². The summed E-state index contributed by atoms with van der Waals surface area (Å²) in [5.41, 5.74) is 5.25. The summed E-state index contributed by atoms with van der Waals surface area (Å²) in [5.74, 6) is -1.54. The summed E-state index contributed by atoms with van der Waals surface area (Å²) >= 11 is 0. The number of carboxylic acid groups (broad SMARTS) is 1. The molecule has 0 aliphatic rings. The first-order valence-corrected chi connectivity index (χ1v) is 4.07.